The molecule has 0 saturated carbocycles. The lowest BCUT2D eigenvalue weighted by molar-refractivity contribution is 0.0284. The molecule has 0 N–H and O–H groups in total. The number of ether oxygens (including phenoxy) is 1. The van der Waals surface area contributed by atoms with Crippen LogP contribution in [0.4, 0.5) is 4.79 Å². The van der Waals surface area contributed by atoms with Crippen LogP contribution in [0.3, 0.4) is 0 Å². The summed E-state index contributed by atoms with van der Waals surface area (Å²) in [7, 11) is 0. The Hall–Kier alpha value is -2.90. The number of aryl methyl sites for hydroxylation is 1. The lowest BCUT2D eigenvalue weighted by Crippen LogP contribution is -2.43. The molecule has 30 heavy (non-hydrogen) atoms. The predicted octanol–water partition coefficient (Wildman–Crippen LogP) is 2.90. The summed E-state index contributed by atoms with van der Waals surface area (Å²) in [5.74, 6) is 0.772. The first-order valence-corrected chi connectivity index (χ1v) is 10.4. The van der Waals surface area contributed by atoms with Crippen molar-refractivity contribution in [2.45, 2.75) is 39.7 Å². The number of aromatic nitrogens is 3. The van der Waals surface area contributed by atoms with E-state index in [2.05, 4.69) is 10.1 Å². The van der Waals surface area contributed by atoms with Gasteiger partial charge in [0.2, 0.25) is 0 Å². The molecule has 2 aromatic rings. The van der Waals surface area contributed by atoms with Gasteiger partial charge in [-0.3, -0.25) is 4.79 Å². The van der Waals surface area contributed by atoms with Gasteiger partial charge >= 0.3 is 6.09 Å². The summed E-state index contributed by atoms with van der Waals surface area (Å²) >= 11 is 0. The topological polar surface area (TPSA) is 80.6 Å². The summed E-state index contributed by atoms with van der Waals surface area (Å²) in [6.45, 7) is 10.3. The van der Waals surface area contributed by atoms with Gasteiger partial charge < -0.3 is 14.5 Å². The highest BCUT2D eigenvalue weighted by atomic mass is 16.6. The molecule has 0 unspecified atom stereocenters. The van der Waals surface area contributed by atoms with Crippen molar-refractivity contribution in [3.05, 3.63) is 42.0 Å². The first kappa shape index (κ1) is 20.4. The normalized spacial score (nSPS) is 21.5. The van der Waals surface area contributed by atoms with Gasteiger partial charge in [0, 0.05) is 31.7 Å². The van der Waals surface area contributed by atoms with Gasteiger partial charge in [-0.1, -0.05) is 0 Å². The molecule has 0 radical (unpaired) electrons. The minimum Gasteiger partial charge on any atom is -0.444 e. The molecule has 0 aliphatic carbocycles. The number of carbonyl (C=O) groups is 2. The minimum absolute atomic E-state index is 0.0480. The quantitative estimate of drug-likeness (QED) is 0.759. The average molecular weight is 412 g/mol. The molecule has 2 aliphatic rings. The lowest BCUT2D eigenvalue weighted by atomic mass is 9.88. The lowest BCUT2D eigenvalue weighted by Gasteiger charge is -2.34. The Bertz CT molecular complexity index is 935. The van der Waals surface area contributed by atoms with Gasteiger partial charge in [-0.15, -0.1) is 0 Å². The second-order valence-electron chi connectivity index (χ2n) is 9.28. The van der Waals surface area contributed by atoms with Crippen molar-refractivity contribution in [2.75, 3.05) is 26.2 Å². The van der Waals surface area contributed by atoms with Crippen LogP contribution in [0.15, 0.2) is 30.9 Å². The summed E-state index contributed by atoms with van der Waals surface area (Å²) in [6.07, 6.45) is 3.78. The molecule has 2 amide bonds. The van der Waals surface area contributed by atoms with Crippen molar-refractivity contribution in [3.63, 3.8) is 0 Å². The van der Waals surface area contributed by atoms with Crippen molar-refractivity contribution in [2.24, 2.45) is 11.8 Å². The monoisotopic (exact) mass is 411 g/mol. The largest absolute Gasteiger partial charge is 0.444 e. The Kier molecular flexibility index (Phi) is 5.26. The first-order valence-electron chi connectivity index (χ1n) is 10.4. The van der Waals surface area contributed by atoms with E-state index in [-0.39, 0.29) is 12.0 Å². The smallest absolute Gasteiger partial charge is 0.410 e. The van der Waals surface area contributed by atoms with E-state index in [9.17, 15) is 9.59 Å². The number of likely N-dealkylation sites (tertiary alicyclic amines) is 2. The number of amides is 2. The number of rotatable bonds is 2. The molecule has 2 aliphatic heterocycles. The van der Waals surface area contributed by atoms with Crippen LogP contribution >= 0.6 is 0 Å². The third-order valence-corrected chi connectivity index (χ3v) is 5.86. The van der Waals surface area contributed by atoms with Gasteiger partial charge in [-0.25, -0.2) is 14.5 Å². The number of hydrogen-bond acceptors (Lipinski definition) is 5. The van der Waals surface area contributed by atoms with E-state index in [0.29, 0.717) is 43.6 Å². The van der Waals surface area contributed by atoms with Crippen LogP contribution in [0.2, 0.25) is 0 Å². The third-order valence-electron chi connectivity index (χ3n) is 5.86. The highest BCUT2D eigenvalue weighted by molar-refractivity contribution is 5.96. The molecule has 1 aromatic heterocycles. The molecule has 2 atom stereocenters. The van der Waals surface area contributed by atoms with E-state index in [1.165, 1.54) is 6.33 Å². The van der Waals surface area contributed by atoms with Gasteiger partial charge in [-0.2, -0.15) is 5.10 Å². The van der Waals surface area contributed by atoms with Crippen LogP contribution in [0, 0.1) is 18.8 Å². The summed E-state index contributed by atoms with van der Waals surface area (Å²) < 4.78 is 7.20. The van der Waals surface area contributed by atoms with Gasteiger partial charge in [-0.05, 0) is 69.7 Å². The number of carbonyl (C=O) groups excluding carboxylic acids is 2. The van der Waals surface area contributed by atoms with Crippen molar-refractivity contribution >= 4 is 12.0 Å². The maximum absolute atomic E-state index is 13.2. The molecule has 0 spiro atoms. The van der Waals surface area contributed by atoms with E-state index in [0.717, 1.165) is 17.7 Å². The first-order chi connectivity index (χ1) is 14.2. The van der Waals surface area contributed by atoms with Gasteiger partial charge in [0.1, 0.15) is 18.3 Å². The molecule has 2 fully saturated rings. The SMILES string of the molecule is Cc1cc(-n2cncn2)ccc1C(=O)N1CC[C@@H]2CN(C(=O)OC(C)(C)C)C[C@@H]2C1. The molecule has 0 bridgehead atoms. The summed E-state index contributed by atoms with van der Waals surface area (Å²) in [5, 5.41) is 4.14. The zero-order chi connectivity index (χ0) is 21.5. The number of hydrogen-bond donors (Lipinski definition) is 0. The van der Waals surface area contributed by atoms with Crippen LogP contribution in [-0.4, -0.2) is 68.3 Å². The molecule has 1 aromatic carbocycles. The Morgan fingerprint density at radius 2 is 1.83 bits per heavy atom. The highest BCUT2D eigenvalue weighted by Gasteiger charge is 2.41. The van der Waals surface area contributed by atoms with E-state index in [1.54, 1.807) is 15.9 Å². The number of fused-ring (bicyclic) bond motifs is 1. The third kappa shape index (κ3) is 4.17. The molecule has 3 heterocycles. The fourth-order valence-corrected chi connectivity index (χ4v) is 4.37. The van der Waals surface area contributed by atoms with Crippen molar-refractivity contribution in [1.82, 2.24) is 24.6 Å². The molecule has 160 valence electrons. The second kappa shape index (κ2) is 7.74. The van der Waals surface area contributed by atoms with Crippen molar-refractivity contribution < 1.29 is 14.3 Å². The fraction of sp³-hybridized carbons (Fsp3) is 0.545. The van der Waals surface area contributed by atoms with Crippen LogP contribution in [0.5, 0.6) is 0 Å². The Labute approximate surface area is 176 Å². The maximum Gasteiger partial charge on any atom is 0.410 e. The van der Waals surface area contributed by atoms with Crippen LogP contribution in [0.25, 0.3) is 5.69 Å². The number of nitrogens with zero attached hydrogens (tertiary/aromatic N) is 5. The Morgan fingerprint density at radius 3 is 2.50 bits per heavy atom. The van der Waals surface area contributed by atoms with E-state index < -0.39 is 5.60 Å². The van der Waals surface area contributed by atoms with E-state index >= 15 is 0 Å². The standard InChI is InChI=1S/C22H29N5O3/c1-15-9-18(27-14-23-13-24-27)5-6-19(15)20(28)25-8-7-16-10-26(12-17(16)11-25)21(29)30-22(2,3)4/h5-6,9,13-14,16-17H,7-8,10-12H2,1-4H3/t16-,17+/m1/s1. The zero-order valence-electron chi connectivity index (χ0n) is 18.0. The zero-order valence-corrected chi connectivity index (χ0v) is 18.0. The Balaban J connectivity index is 1.42. The number of piperidine rings is 1. The van der Waals surface area contributed by atoms with Crippen LogP contribution in [0.1, 0.15) is 43.1 Å². The fourth-order valence-electron chi connectivity index (χ4n) is 4.37. The predicted molar refractivity (Wildman–Crippen MR) is 111 cm³/mol. The minimum atomic E-state index is -0.497. The van der Waals surface area contributed by atoms with Gasteiger partial charge in [0.05, 0.1) is 5.69 Å². The molecule has 8 nitrogen and oxygen atoms in total. The van der Waals surface area contributed by atoms with Crippen molar-refractivity contribution in [1.29, 1.82) is 0 Å². The maximum atomic E-state index is 13.2. The molecule has 8 heteroatoms. The molecule has 4 rings (SSSR count). The van der Waals surface area contributed by atoms with E-state index in [1.807, 2.05) is 50.8 Å². The molecular weight excluding hydrogens is 382 g/mol. The highest BCUT2D eigenvalue weighted by Crippen LogP contribution is 2.33. The van der Waals surface area contributed by atoms with Crippen LogP contribution in [-0.2, 0) is 4.74 Å². The molecule has 2 saturated heterocycles. The van der Waals surface area contributed by atoms with Crippen molar-refractivity contribution in [3.8, 4) is 5.69 Å². The summed E-state index contributed by atoms with van der Waals surface area (Å²) in [5.41, 5.74) is 2.00. The summed E-state index contributed by atoms with van der Waals surface area (Å²) in [4.78, 5) is 33.3. The summed E-state index contributed by atoms with van der Waals surface area (Å²) in [6, 6.07) is 5.71. The van der Waals surface area contributed by atoms with Gasteiger partial charge in [0.15, 0.2) is 0 Å². The van der Waals surface area contributed by atoms with Gasteiger partial charge in [0.25, 0.3) is 5.91 Å². The second-order valence-corrected chi connectivity index (χ2v) is 9.28. The van der Waals surface area contributed by atoms with E-state index in [4.69, 9.17) is 4.74 Å². The Morgan fingerprint density at radius 1 is 1.10 bits per heavy atom. The number of benzene rings is 1. The van der Waals surface area contributed by atoms with Crippen LogP contribution < -0.4 is 0 Å². The molecular formula is C22H29N5O3. The average Bonchev–Trinajstić information content (AvgIpc) is 3.35.